The fraction of sp³-hybridized carbons (Fsp3) is 0.450. The Kier molecular flexibility index (Phi) is 5.79. The smallest absolute Gasteiger partial charge is 0.443 e. The summed E-state index contributed by atoms with van der Waals surface area (Å²) in [6.07, 6.45) is 0.815. The highest BCUT2D eigenvalue weighted by Gasteiger charge is 2.35. The number of halogens is 3. The molecule has 0 aliphatic carbocycles. The van der Waals surface area contributed by atoms with Crippen molar-refractivity contribution in [2.24, 2.45) is 0 Å². The Bertz CT molecular complexity index is 1050. The zero-order valence-corrected chi connectivity index (χ0v) is 17.1. The molecule has 0 atom stereocenters. The molecule has 0 aromatic carbocycles. The highest BCUT2D eigenvalue weighted by atomic mass is 32.1. The van der Waals surface area contributed by atoms with E-state index in [1.165, 1.54) is 0 Å². The number of alkyl halides is 3. The lowest BCUT2D eigenvalue weighted by Crippen LogP contribution is -2.14. The maximum atomic E-state index is 12.8. The van der Waals surface area contributed by atoms with E-state index in [4.69, 9.17) is 14.5 Å². The van der Waals surface area contributed by atoms with Crippen LogP contribution in [0.3, 0.4) is 0 Å². The minimum atomic E-state index is -4.56. The number of aromatic nitrogens is 3. The highest BCUT2D eigenvalue weighted by molar-refractivity contribution is 7.10. The lowest BCUT2D eigenvalue weighted by molar-refractivity contribution is -0.137. The number of imidazole rings is 1. The number of carbonyl (C=O) groups is 1. The Hall–Kier alpha value is -2.46. The van der Waals surface area contributed by atoms with Gasteiger partial charge in [-0.15, -0.1) is 11.3 Å². The van der Waals surface area contributed by atoms with Crippen LogP contribution in [0.15, 0.2) is 23.8 Å². The number of fused-ring (bicyclic) bond motifs is 1. The number of Topliss-reactive ketones (excluding diaryl/α,β-unsaturated/α-hetero) is 1. The molecule has 4 heterocycles. The van der Waals surface area contributed by atoms with Gasteiger partial charge in [0, 0.05) is 55.0 Å². The molecular weight excluding hydrogens is 419 g/mol. The van der Waals surface area contributed by atoms with Gasteiger partial charge < -0.3 is 13.9 Å². The monoisotopic (exact) mass is 439 g/mol. The second-order valence-corrected chi connectivity index (χ2v) is 7.91. The number of hydrogen-bond donors (Lipinski definition) is 0. The van der Waals surface area contributed by atoms with Crippen molar-refractivity contribution in [2.45, 2.75) is 38.3 Å². The first kappa shape index (κ1) is 20.8. The zero-order valence-electron chi connectivity index (χ0n) is 16.2. The normalized spacial score (nSPS) is 15.6. The predicted octanol–water partition coefficient (Wildman–Crippen LogP) is 4.53. The van der Waals surface area contributed by atoms with Crippen LogP contribution in [-0.4, -0.2) is 40.0 Å². The van der Waals surface area contributed by atoms with E-state index in [9.17, 15) is 18.0 Å². The van der Waals surface area contributed by atoms with Crippen molar-refractivity contribution in [1.82, 2.24) is 14.4 Å². The summed E-state index contributed by atoms with van der Waals surface area (Å²) in [7, 11) is 0. The van der Waals surface area contributed by atoms with Crippen LogP contribution in [0.25, 0.3) is 5.65 Å². The topological polar surface area (TPSA) is 65.7 Å². The average molecular weight is 439 g/mol. The Balaban J connectivity index is 1.62. The molecule has 1 fully saturated rings. The van der Waals surface area contributed by atoms with Crippen molar-refractivity contribution in [3.05, 3.63) is 45.8 Å². The fourth-order valence-electron chi connectivity index (χ4n) is 3.49. The van der Waals surface area contributed by atoms with Crippen molar-refractivity contribution < 1.29 is 27.4 Å². The van der Waals surface area contributed by atoms with Gasteiger partial charge in [-0.2, -0.15) is 13.2 Å². The van der Waals surface area contributed by atoms with Gasteiger partial charge in [0.25, 0.3) is 0 Å². The molecular formula is C20H20F3N3O3S. The summed E-state index contributed by atoms with van der Waals surface area (Å²) >= 11 is 0.418. The van der Waals surface area contributed by atoms with Crippen LogP contribution in [0.5, 0.6) is 5.75 Å². The molecule has 1 aliphatic heterocycles. The molecule has 0 bridgehead atoms. The summed E-state index contributed by atoms with van der Waals surface area (Å²) in [5.41, 5.74) is 2.04. The van der Waals surface area contributed by atoms with Gasteiger partial charge in [0.15, 0.2) is 10.8 Å². The van der Waals surface area contributed by atoms with Crippen LogP contribution in [-0.2, 0) is 17.3 Å². The van der Waals surface area contributed by atoms with Gasteiger partial charge >= 0.3 is 6.18 Å². The molecule has 160 valence electrons. The first-order valence-corrected chi connectivity index (χ1v) is 10.5. The van der Waals surface area contributed by atoms with E-state index in [-0.39, 0.29) is 12.1 Å². The lowest BCUT2D eigenvalue weighted by Gasteiger charge is -2.19. The number of hydrogen-bond acceptors (Lipinski definition) is 6. The third-order valence-electron chi connectivity index (χ3n) is 4.97. The van der Waals surface area contributed by atoms with Crippen LogP contribution < -0.4 is 4.74 Å². The van der Waals surface area contributed by atoms with Crippen LogP contribution in [0, 0.1) is 0 Å². The molecule has 0 N–H and O–H groups in total. The minimum absolute atomic E-state index is 0.114. The second kappa shape index (κ2) is 8.35. The summed E-state index contributed by atoms with van der Waals surface area (Å²) in [5, 5.41) is 0.117. The van der Waals surface area contributed by atoms with Crippen LogP contribution in [0.1, 0.15) is 52.4 Å². The van der Waals surface area contributed by atoms with E-state index in [0.717, 1.165) is 23.9 Å². The number of nitrogens with zero attached hydrogens (tertiary/aromatic N) is 3. The van der Waals surface area contributed by atoms with Gasteiger partial charge in [-0.05, 0) is 19.8 Å². The maximum absolute atomic E-state index is 12.8. The van der Waals surface area contributed by atoms with Crippen LogP contribution in [0.2, 0.25) is 0 Å². The van der Waals surface area contributed by atoms with Gasteiger partial charge in [0.05, 0.1) is 12.3 Å². The quantitative estimate of drug-likeness (QED) is 0.528. The molecule has 1 saturated heterocycles. The summed E-state index contributed by atoms with van der Waals surface area (Å²) < 4.78 is 51.3. The molecule has 10 heteroatoms. The summed E-state index contributed by atoms with van der Waals surface area (Å²) in [5.74, 6) is 0.315. The van der Waals surface area contributed by atoms with Gasteiger partial charge in [-0.1, -0.05) is 0 Å². The zero-order chi connectivity index (χ0) is 21.3. The van der Waals surface area contributed by atoms with Gasteiger partial charge in [0.2, 0.25) is 0 Å². The van der Waals surface area contributed by atoms with Gasteiger partial charge in [-0.3, -0.25) is 4.79 Å². The van der Waals surface area contributed by atoms with Crippen molar-refractivity contribution in [3.63, 3.8) is 0 Å². The summed E-state index contributed by atoms with van der Waals surface area (Å²) in [6, 6.07) is 1.76. The van der Waals surface area contributed by atoms with Gasteiger partial charge in [-0.25, -0.2) is 9.97 Å². The van der Waals surface area contributed by atoms with Crippen molar-refractivity contribution in [3.8, 4) is 5.75 Å². The Morgan fingerprint density at radius 1 is 1.30 bits per heavy atom. The Morgan fingerprint density at radius 2 is 2.07 bits per heavy atom. The molecule has 1 aliphatic rings. The molecule has 30 heavy (non-hydrogen) atoms. The molecule has 3 aromatic rings. The SMILES string of the molecule is CCOc1cc2nc(C3CCOCC3)cn2cc1CC(=O)c1csc(C(F)(F)F)n1. The third kappa shape index (κ3) is 4.34. The van der Waals surface area contributed by atoms with E-state index in [1.54, 1.807) is 12.3 Å². The van der Waals surface area contributed by atoms with Crippen LogP contribution in [0.4, 0.5) is 13.2 Å². The molecule has 6 nitrogen and oxygen atoms in total. The third-order valence-corrected chi connectivity index (χ3v) is 5.86. The van der Waals surface area contributed by atoms with Crippen molar-refractivity contribution >= 4 is 22.8 Å². The molecule has 0 spiro atoms. The van der Waals surface area contributed by atoms with E-state index in [2.05, 4.69) is 4.98 Å². The first-order chi connectivity index (χ1) is 14.3. The van der Waals surface area contributed by atoms with E-state index >= 15 is 0 Å². The van der Waals surface area contributed by atoms with Crippen LogP contribution >= 0.6 is 11.3 Å². The number of thiazole rings is 1. The maximum Gasteiger partial charge on any atom is 0.443 e. The Labute approximate surface area is 174 Å². The highest BCUT2D eigenvalue weighted by Crippen LogP contribution is 2.32. The van der Waals surface area contributed by atoms with Crippen molar-refractivity contribution in [2.75, 3.05) is 19.8 Å². The lowest BCUT2D eigenvalue weighted by atomic mass is 9.97. The largest absolute Gasteiger partial charge is 0.493 e. The summed E-state index contributed by atoms with van der Waals surface area (Å²) in [6.45, 7) is 3.62. The molecule has 3 aromatic heterocycles. The molecule has 4 rings (SSSR count). The number of carbonyl (C=O) groups excluding carboxylic acids is 1. The summed E-state index contributed by atoms with van der Waals surface area (Å²) in [4.78, 5) is 20.7. The molecule has 0 saturated carbocycles. The standard InChI is InChI=1S/C20H20F3N3O3S/c1-2-29-17-8-18-24-14(12-3-5-28-6-4-12)10-26(18)9-13(17)7-16(27)15-11-30-19(25-15)20(21,22)23/h8-12H,2-7H2,1H3. The Morgan fingerprint density at radius 3 is 2.73 bits per heavy atom. The second-order valence-electron chi connectivity index (χ2n) is 7.05. The van der Waals surface area contributed by atoms with E-state index < -0.39 is 17.0 Å². The van der Waals surface area contributed by atoms with E-state index in [1.807, 2.05) is 17.5 Å². The number of ketones is 1. The molecule has 0 radical (unpaired) electrons. The number of ether oxygens (including phenoxy) is 2. The van der Waals surface area contributed by atoms with Gasteiger partial charge in [0.1, 0.15) is 17.1 Å². The first-order valence-electron chi connectivity index (χ1n) is 9.63. The average Bonchev–Trinajstić information content (AvgIpc) is 3.36. The number of rotatable bonds is 6. The fourth-order valence-corrected chi connectivity index (χ4v) is 4.18. The minimum Gasteiger partial charge on any atom is -0.493 e. The predicted molar refractivity (Wildman–Crippen MR) is 104 cm³/mol. The number of pyridine rings is 1. The molecule has 0 amide bonds. The molecule has 0 unspecified atom stereocenters. The van der Waals surface area contributed by atoms with Crippen molar-refractivity contribution in [1.29, 1.82) is 0 Å². The van der Waals surface area contributed by atoms with E-state index in [0.29, 0.717) is 54.0 Å².